The zero-order valence-electron chi connectivity index (χ0n) is 32.1. The number of unbranched alkanes of at least 4 members (excludes halogenated alkanes) is 17. The normalized spacial score (nSPS) is 13.8. The molecule has 50 heavy (non-hydrogen) atoms. The van der Waals surface area contributed by atoms with Gasteiger partial charge in [0.1, 0.15) is 6.61 Å². The van der Waals surface area contributed by atoms with Crippen molar-refractivity contribution >= 4 is 19.8 Å². The van der Waals surface area contributed by atoms with E-state index < -0.39 is 32.5 Å². The van der Waals surface area contributed by atoms with Crippen molar-refractivity contribution in [3.05, 3.63) is 36.5 Å². The maximum atomic E-state index is 12.5. The molecule has 0 heterocycles. The van der Waals surface area contributed by atoms with Crippen LogP contribution in [0.4, 0.5) is 0 Å². The molecule has 0 rings (SSSR count). The second kappa shape index (κ2) is 37.0. The maximum absolute atomic E-state index is 12.5. The molecule has 0 radical (unpaired) electrons. The van der Waals surface area contributed by atoms with Gasteiger partial charge in [-0.2, -0.15) is 0 Å². The number of hydrogen-bond acceptors (Lipinski definition) is 8. The van der Waals surface area contributed by atoms with E-state index in [-0.39, 0.29) is 26.1 Å². The number of phosphoric acid groups is 1. The molecule has 0 aliphatic carbocycles. The molecule has 2 unspecified atom stereocenters. The lowest BCUT2D eigenvalue weighted by Crippen LogP contribution is -2.29. The summed E-state index contributed by atoms with van der Waals surface area (Å²) >= 11 is 0. The van der Waals surface area contributed by atoms with Gasteiger partial charge in [-0.25, -0.2) is 4.57 Å². The van der Waals surface area contributed by atoms with Crippen molar-refractivity contribution in [1.82, 2.24) is 5.32 Å². The molecule has 0 aromatic rings. The summed E-state index contributed by atoms with van der Waals surface area (Å²) in [7, 11) is -2.65. The van der Waals surface area contributed by atoms with E-state index in [4.69, 9.17) is 18.5 Å². The van der Waals surface area contributed by atoms with Crippen LogP contribution in [0, 0.1) is 0 Å². The Morgan fingerprint density at radius 3 is 1.64 bits per heavy atom. The molecule has 0 aromatic carbocycles. The summed E-state index contributed by atoms with van der Waals surface area (Å²) in [5.74, 6) is -0.832. The third kappa shape index (κ3) is 36.0. The molecule has 292 valence electrons. The van der Waals surface area contributed by atoms with Gasteiger partial charge in [0.15, 0.2) is 6.10 Å². The van der Waals surface area contributed by atoms with Gasteiger partial charge >= 0.3 is 19.8 Å². The number of carbonyl (C=O) groups is 2. The van der Waals surface area contributed by atoms with Crippen molar-refractivity contribution in [1.29, 1.82) is 0 Å². The Bertz CT molecular complexity index is 923. The van der Waals surface area contributed by atoms with Crippen molar-refractivity contribution in [3.63, 3.8) is 0 Å². The number of phosphoric ester groups is 1. The fourth-order valence-corrected chi connectivity index (χ4v) is 5.96. The molecule has 9 nitrogen and oxygen atoms in total. The molecule has 0 aliphatic rings. The van der Waals surface area contributed by atoms with Crippen LogP contribution in [0.5, 0.6) is 0 Å². The van der Waals surface area contributed by atoms with E-state index in [0.717, 1.165) is 51.4 Å². The Labute approximate surface area is 306 Å². The first-order valence-electron chi connectivity index (χ1n) is 19.9. The lowest BCUT2D eigenvalue weighted by Gasteiger charge is -2.20. The number of hydrogen-bond donors (Lipinski definition) is 2. The zero-order valence-corrected chi connectivity index (χ0v) is 33.0. The number of allylic oxidation sites excluding steroid dienone is 6. The third-order valence-electron chi connectivity index (χ3n) is 8.26. The first-order valence-corrected chi connectivity index (χ1v) is 21.4. The lowest BCUT2D eigenvalue weighted by atomic mass is 10.1. The number of ether oxygens (including phenoxy) is 2. The Balaban J connectivity index is 4.29. The van der Waals surface area contributed by atoms with Crippen molar-refractivity contribution in [2.24, 2.45) is 0 Å². The third-order valence-corrected chi connectivity index (χ3v) is 9.25. The summed E-state index contributed by atoms with van der Waals surface area (Å²) in [5, 5.41) is 2.82. The van der Waals surface area contributed by atoms with Gasteiger partial charge in [-0.05, 0) is 58.4 Å². The summed E-state index contributed by atoms with van der Waals surface area (Å²) in [5.41, 5.74) is 0. The van der Waals surface area contributed by atoms with Gasteiger partial charge in [-0.1, -0.05) is 140 Å². The summed E-state index contributed by atoms with van der Waals surface area (Å²) in [6.07, 6.45) is 37.6. The fourth-order valence-electron chi connectivity index (χ4n) is 5.21. The largest absolute Gasteiger partial charge is 0.472 e. The monoisotopic (exact) mass is 728 g/mol. The first kappa shape index (κ1) is 48.2. The lowest BCUT2D eigenvalue weighted by molar-refractivity contribution is -0.161. The molecule has 0 amide bonds. The van der Waals surface area contributed by atoms with Crippen LogP contribution in [0.25, 0.3) is 0 Å². The zero-order chi connectivity index (χ0) is 36.8. The van der Waals surface area contributed by atoms with Crippen molar-refractivity contribution in [2.45, 2.75) is 174 Å². The second-order valence-corrected chi connectivity index (χ2v) is 14.6. The van der Waals surface area contributed by atoms with Gasteiger partial charge in [-0.15, -0.1) is 0 Å². The number of rotatable bonds is 37. The average molecular weight is 728 g/mol. The van der Waals surface area contributed by atoms with Crippen LogP contribution in [-0.2, 0) is 32.7 Å². The van der Waals surface area contributed by atoms with E-state index in [1.165, 1.54) is 77.0 Å². The van der Waals surface area contributed by atoms with E-state index in [1.807, 2.05) is 0 Å². The molecule has 0 saturated carbocycles. The van der Waals surface area contributed by atoms with Crippen LogP contribution in [0.2, 0.25) is 0 Å². The molecule has 0 aromatic heterocycles. The van der Waals surface area contributed by atoms with E-state index in [1.54, 1.807) is 7.05 Å². The summed E-state index contributed by atoms with van der Waals surface area (Å²) in [6, 6.07) is 0. The minimum absolute atomic E-state index is 0.0203. The highest BCUT2D eigenvalue weighted by Crippen LogP contribution is 2.43. The van der Waals surface area contributed by atoms with Crippen LogP contribution in [0.3, 0.4) is 0 Å². The quantitative estimate of drug-likeness (QED) is 0.0279. The molecular formula is C40H74NO8P. The van der Waals surface area contributed by atoms with Crippen molar-refractivity contribution in [3.8, 4) is 0 Å². The number of esters is 2. The average Bonchev–Trinajstić information content (AvgIpc) is 3.09. The van der Waals surface area contributed by atoms with Crippen LogP contribution in [0.15, 0.2) is 36.5 Å². The number of likely N-dealkylation sites (N-methyl/N-ethyl adjacent to an activating group) is 1. The summed E-state index contributed by atoms with van der Waals surface area (Å²) in [6.45, 7) is 4.15. The summed E-state index contributed by atoms with van der Waals surface area (Å²) in [4.78, 5) is 34.9. The van der Waals surface area contributed by atoms with Crippen molar-refractivity contribution < 1.29 is 37.6 Å². The predicted molar refractivity (Wildman–Crippen MR) is 206 cm³/mol. The molecule has 0 spiro atoms. The minimum atomic E-state index is -4.35. The highest BCUT2D eigenvalue weighted by atomic mass is 31.2. The Kier molecular flexibility index (Phi) is 35.7. The number of nitrogens with one attached hydrogen (secondary N) is 1. The second-order valence-electron chi connectivity index (χ2n) is 13.1. The molecule has 10 heteroatoms. The van der Waals surface area contributed by atoms with Gasteiger partial charge in [0.05, 0.1) is 13.2 Å². The van der Waals surface area contributed by atoms with Crippen LogP contribution >= 0.6 is 7.82 Å². The molecule has 2 N–H and O–H groups in total. The molecule has 0 saturated heterocycles. The van der Waals surface area contributed by atoms with Gasteiger partial charge in [-0.3, -0.25) is 18.6 Å². The topological polar surface area (TPSA) is 120 Å². The smallest absolute Gasteiger partial charge is 0.462 e. The predicted octanol–water partition coefficient (Wildman–Crippen LogP) is 10.9. The number of carbonyl (C=O) groups excluding carboxylic acids is 2. The van der Waals surface area contributed by atoms with Gasteiger partial charge in [0.2, 0.25) is 0 Å². The Morgan fingerprint density at radius 1 is 0.620 bits per heavy atom. The maximum Gasteiger partial charge on any atom is 0.472 e. The first-order chi connectivity index (χ1) is 24.3. The van der Waals surface area contributed by atoms with Gasteiger partial charge < -0.3 is 19.7 Å². The van der Waals surface area contributed by atoms with Gasteiger partial charge in [0, 0.05) is 19.4 Å². The van der Waals surface area contributed by atoms with Crippen LogP contribution in [-0.4, -0.2) is 56.3 Å². The summed E-state index contributed by atoms with van der Waals surface area (Å²) < 4.78 is 33.0. The molecule has 2 atom stereocenters. The minimum Gasteiger partial charge on any atom is -0.462 e. The van der Waals surface area contributed by atoms with E-state index >= 15 is 0 Å². The Hall–Kier alpha value is -1.77. The van der Waals surface area contributed by atoms with E-state index in [9.17, 15) is 19.0 Å². The van der Waals surface area contributed by atoms with Crippen LogP contribution < -0.4 is 5.32 Å². The van der Waals surface area contributed by atoms with Gasteiger partial charge in [0.25, 0.3) is 0 Å². The van der Waals surface area contributed by atoms with E-state index in [2.05, 4.69) is 55.6 Å². The molecule has 0 aliphatic heterocycles. The highest BCUT2D eigenvalue weighted by molar-refractivity contribution is 7.47. The SMILES string of the molecule is CCCCC/C=C\C/C=C\C/C=C\CCCCCCC(=O)OCC(COP(=O)(O)OCCNC)OC(=O)CCCCCCCCCCCCC. The fraction of sp³-hybridized carbons (Fsp3) is 0.800. The highest BCUT2D eigenvalue weighted by Gasteiger charge is 2.26. The molecular weight excluding hydrogens is 653 g/mol. The standard InChI is InChI=1S/C40H74NO8P/c1-4-6-8-10-12-14-16-17-18-19-20-21-23-24-26-28-30-32-39(42)46-36-38(37-48-50(44,45)47-35-34-41-3)49-40(43)33-31-29-27-25-22-15-13-11-9-7-5-2/h12,14,17-18,20-21,38,41H,4-11,13,15-16,19,22-37H2,1-3H3,(H,44,45)/b14-12-,18-17-,21-20-. The van der Waals surface area contributed by atoms with Crippen LogP contribution in [0.1, 0.15) is 168 Å². The Morgan fingerprint density at radius 2 is 1.08 bits per heavy atom. The van der Waals surface area contributed by atoms with E-state index in [0.29, 0.717) is 19.4 Å². The molecule has 0 bridgehead atoms. The van der Waals surface area contributed by atoms with Crippen molar-refractivity contribution in [2.75, 3.05) is 33.4 Å². The molecule has 0 fully saturated rings.